The molecule has 2 aromatic rings. The van der Waals surface area contributed by atoms with Crippen molar-refractivity contribution in [2.24, 2.45) is 5.73 Å². The predicted molar refractivity (Wildman–Crippen MR) is 71.1 cm³/mol. The molecule has 0 aliphatic rings. The van der Waals surface area contributed by atoms with Gasteiger partial charge in [-0.3, -0.25) is 4.98 Å². The Kier molecular flexibility index (Phi) is 3.76. The molecule has 2 rings (SSSR count). The molecule has 1 heterocycles. The molecular weight excluding hydrogens is 280 g/mol. The number of rotatable bonds is 3. The third kappa shape index (κ3) is 3.05. The lowest BCUT2D eigenvalue weighted by molar-refractivity contribution is 0.479. The molecule has 0 atom stereocenters. The Balaban J connectivity index is 2.16. The number of aryl methyl sites for hydroxylation is 1. The van der Waals surface area contributed by atoms with Gasteiger partial charge in [-0.1, -0.05) is 15.9 Å². The summed E-state index contributed by atoms with van der Waals surface area (Å²) < 4.78 is 6.76. The average Bonchev–Trinajstić information content (AvgIpc) is 2.35. The fourth-order valence-electron chi connectivity index (χ4n) is 1.41. The number of aromatic nitrogens is 1. The van der Waals surface area contributed by atoms with Crippen LogP contribution in [0.15, 0.2) is 41.0 Å². The average molecular weight is 293 g/mol. The van der Waals surface area contributed by atoms with E-state index >= 15 is 0 Å². The molecule has 2 N–H and O–H groups in total. The smallest absolute Gasteiger partial charge is 0.145 e. The van der Waals surface area contributed by atoms with Crippen molar-refractivity contribution in [3.8, 4) is 11.5 Å². The second kappa shape index (κ2) is 5.29. The lowest BCUT2D eigenvalue weighted by atomic mass is 10.2. The number of nitrogens with zero attached hydrogens (tertiary/aromatic N) is 1. The van der Waals surface area contributed by atoms with Crippen LogP contribution in [0.3, 0.4) is 0 Å². The lowest BCUT2D eigenvalue weighted by Crippen LogP contribution is -1.98. The Labute approximate surface area is 109 Å². The molecule has 88 valence electrons. The fraction of sp³-hybridized carbons (Fsp3) is 0.154. The van der Waals surface area contributed by atoms with Crippen LogP contribution in [-0.4, -0.2) is 4.98 Å². The molecule has 3 nitrogen and oxygen atoms in total. The van der Waals surface area contributed by atoms with Crippen molar-refractivity contribution < 1.29 is 4.74 Å². The molecule has 0 aliphatic heterocycles. The third-order valence-electron chi connectivity index (χ3n) is 2.37. The topological polar surface area (TPSA) is 48.1 Å². The number of nitrogens with two attached hydrogens (primary N) is 1. The monoisotopic (exact) mass is 292 g/mol. The second-order valence-corrected chi connectivity index (χ2v) is 4.56. The van der Waals surface area contributed by atoms with E-state index in [0.29, 0.717) is 12.3 Å². The third-order valence-corrected chi connectivity index (χ3v) is 3.26. The van der Waals surface area contributed by atoms with E-state index in [2.05, 4.69) is 20.9 Å². The highest BCUT2D eigenvalue weighted by Gasteiger charge is 2.00. The van der Waals surface area contributed by atoms with E-state index in [-0.39, 0.29) is 0 Å². The number of hydrogen-bond donors (Lipinski definition) is 1. The van der Waals surface area contributed by atoms with E-state index in [1.165, 1.54) is 0 Å². The molecule has 0 radical (unpaired) electrons. The standard InChI is InChI=1S/C13H13BrN2O/c1-9-6-11(4-5-13(9)14)17-12-3-2-10(7-15)16-8-12/h2-6,8H,7,15H2,1H3. The summed E-state index contributed by atoms with van der Waals surface area (Å²) in [4.78, 5) is 4.17. The lowest BCUT2D eigenvalue weighted by Gasteiger charge is -2.07. The summed E-state index contributed by atoms with van der Waals surface area (Å²) >= 11 is 3.45. The van der Waals surface area contributed by atoms with Crippen LogP contribution in [0.4, 0.5) is 0 Å². The molecule has 0 amide bonds. The van der Waals surface area contributed by atoms with Gasteiger partial charge in [0.05, 0.1) is 11.9 Å². The molecule has 0 spiro atoms. The largest absolute Gasteiger partial charge is 0.456 e. The summed E-state index contributed by atoms with van der Waals surface area (Å²) in [6.45, 7) is 2.46. The van der Waals surface area contributed by atoms with Crippen molar-refractivity contribution in [2.45, 2.75) is 13.5 Å². The van der Waals surface area contributed by atoms with Crippen molar-refractivity contribution in [1.29, 1.82) is 0 Å². The zero-order valence-corrected chi connectivity index (χ0v) is 11.1. The van der Waals surface area contributed by atoms with Crippen LogP contribution in [0.1, 0.15) is 11.3 Å². The first-order chi connectivity index (χ1) is 8.19. The number of benzene rings is 1. The van der Waals surface area contributed by atoms with Gasteiger partial charge in [0.2, 0.25) is 0 Å². The van der Waals surface area contributed by atoms with Crippen LogP contribution in [0.5, 0.6) is 11.5 Å². The number of hydrogen-bond acceptors (Lipinski definition) is 3. The summed E-state index contributed by atoms with van der Waals surface area (Å²) in [6.07, 6.45) is 1.68. The van der Waals surface area contributed by atoms with E-state index in [4.69, 9.17) is 10.5 Å². The van der Waals surface area contributed by atoms with Gasteiger partial charge in [0.15, 0.2) is 0 Å². The van der Waals surface area contributed by atoms with Gasteiger partial charge in [-0.25, -0.2) is 0 Å². The number of halogens is 1. The van der Waals surface area contributed by atoms with E-state index in [1.54, 1.807) is 6.20 Å². The first-order valence-electron chi connectivity index (χ1n) is 5.28. The number of pyridine rings is 1. The maximum Gasteiger partial charge on any atom is 0.145 e. The minimum absolute atomic E-state index is 0.442. The van der Waals surface area contributed by atoms with Crippen molar-refractivity contribution in [1.82, 2.24) is 4.98 Å². The molecular formula is C13H13BrN2O. The van der Waals surface area contributed by atoms with Gasteiger partial charge < -0.3 is 10.5 Å². The van der Waals surface area contributed by atoms with Crippen molar-refractivity contribution >= 4 is 15.9 Å². The molecule has 0 unspecified atom stereocenters. The summed E-state index contributed by atoms with van der Waals surface area (Å²) in [5, 5.41) is 0. The van der Waals surface area contributed by atoms with Gasteiger partial charge >= 0.3 is 0 Å². The molecule has 4 heteroatoms. The van der Waals surface area contributed by atoms with Crippen molar-refractivity contribution in [2.75, 3.05) is 0 Å². The van der Waals surface area contributed by atoms with Crippen molar-refractivity contribution in [3.63, 3.8) is 0 Å². The highest BCUT2D eigenvalue weighted by atomic mass is 79.9. The van der Waals surface area contributed by atoms with Crippen LogP contribution in [-0.2, 0) is 6.54 Å². The highest BCUT2D eigenvalue weighted by Crippen LogP contribution is 2.25. The highest BCUT2D eigenvalue weighted by molar-refractivity contribution is 9.10. The molecule has 0 saturated heterocycles. The summed E-state index contributed by atoms with van der Waals surface area (Å²) in [6, 6.07) is 9.58. The van der Waals surface area contributed by atoms with Crippen LogP contribution < -0.4 is 10.5 Å². The van der Waals surface area contributed by atoms with Crippen molar-refractivity contribution in [3.05, 3.63) is 52.3 Å². The Morgan fingerprint density at radius 1 is 1.24 bits per heavy atom. The van der Waals surface area contributed by atoms with E-state index in [9.17, 15) is 0 Å². The molecule has 0 aliphatic carbocycles. The predicted octanol–water partition coefficient (Wildman–Crippen LogP) is 3.40. The first kappa shape index (κ1) is 12.1. The van der Waals surface area contributed by atoms with Gasteiger partial charge in [-0.05, 0) is 42.8 Å². The minimum Gasteiger partial charge on any atom is -0.456 e. The summed E-state index contributed by atoms with van der Waals surface area (Å²) in [5.74, 6) is 1.51. The normalized spacial score (nSPS) is 10.3. The van der Waals surface area contributed by atoms with Crippen LogP contribution in [0.2, 0.25) is 0 Å². The van der Waals surface area contributed by atoms with Gasteiger partial charge in [-0.2, -0.15) is 0 Å². The van der Waals surface area contributed by atoms with E-state index in [1.807, 2.05) is 37.3 Å². The minimum atomic E-state index is 0.442. The van der Waals surface area contributed by atoms with Crippen LogP contribution in [0.25, 0.3) is 0 Å². The van der Waals surface area contributed by atoms with E-state index in [0.717, 1.165) is 21.5 Å². The van der Waals surface area contributed by atoms with Gasteiger partial charge in [0.1, 0.15) is 11.5 Å². The van der Waals surface area contributed by atoms with Gasteiger partial charge in [0.25, 0.3) is 0 Å². The molecule has 0 bridgehead atoms. The maximum atomic E-state index is 5.69. The van der Waals surface area contributed by atoms with Gasteiger partial charge in [-0.15, -0.1) is 0 Å². The molecule has 1 aromatic carbocycles. The molecule has 1 aromatic heterocycles. The van der Waals surface area contributed by atoms with Gasteiger partial charge in [0, 0.05) is 11.0 Å². The first-order valence-corrected chi connectivity index (χ1v) is 6.07. The molecule has 0 saturated carbocycles. The Morgan fingerprint density at radius 2 is 2.00 bits per heavy atom. The number of ether oxygens (including phenoxy) is 1. The second-order valence-electron chi connectivity index (χ2n) is 3.70. The SMILES string of the molecule is Cc1cc(Oc2ccc(CN)nc2)ccc1Br. The van der Waals surface area contributed by atoms with E-state index < -0.39 is 0 Å². The maximum absolute atomic E-state index is 5.69. The summed E-state index contributed by atoms with van der Waals surface area (Å²) in [5.41, 5.74) is 7.47. The Morgan fingerprint density at radius 3 is 2.59 bits per heavy atom. The van der Waals surface area contributed by atoms with Crippen LogP contribution >= 0.6 is 15.9 Å². The Bertz CT molecular complexity index is 511. The quantitative estimate of drug-likeness (QED) is 0.943. The summed E-state index contributed by atoms with van der Waals surface area (Å²) in [7, 11) is 0. The molecule has 17 heavy (non-hydrogen) atoms. The molecule has 0 fully saturated rings. The Hall–Kier alpha value is -1.39. The zero-order chi connectivity index (χ0) is 12.3. The zero-order valence-electron chi connectivity index (χ0n) is 9.48. The van der Waals surface area contributed by atoms with Crippen LogP contribution in [0, 0.1) is 6.92 Å². The fourth-order valence-corrected chi connectivity index (χ4v) is 1.66.